The Kier molecular flexibility index (Phi) is 4.05. The van der Waals surface area contributed by atoms with Crippen LogP contribution in [0.1, 0.15) is 24.1 Å². The van der Waals surface area contributed by atoms with E-state index < -0.39 is 5.82 Å². The summed E-state index contributed by atoms with van der Waals surface area (Å²) in [6.07, 6.45) is 0. The van der Waals surface area contributed by atoms with E-state index in [1.54, 1.807) is 0 Å². The molecular formula is C15H15F2N. The molecule has 0 fully saturated rings. The quantitative estimate of drug-likeness (QED) is 0.866. The van der Waals surface area contributed by atoms with Crippen molar-refractivity contribution >= 4 is 0 Å². The van der Waals surface area contributed by atoms with E-state index in [0.29, 0.717) is 12.1 Å². The second-order valence-corrected chi connectivity index (χ2v) is 4.25. The predicted octanol–water partition coefficient (Wildman–Crippen LogP) is 3.82. The first-order valence-electron chi connectivity index (χ1n) is 5.89. The second kappa shape index (κ2) is 5.74. The Hall–Kier alpha value is -1.74. The third kappa shape index (κ3) is 3.14. The van der Waals surface area contributed by atoms with Crippen LogP contribution in [0.3, 0.4) is 0 Å². The van der Waals surface area contributed by atoms with E-state index >= 15 is 0 Å². The van der Waals surface area contributed by atoms with E-state index in [0.717, 1.165) is 17.7 Å². The van der Waals surface area contributed by atoms with Crippen LogP contribution in [0.5, 0.6) is 0 Å². The zero-order valence-electron chi connectivity index (χ0n) is 10.2. The molecule has 0 bridgehead atoms. The van der Waals surface area contributed by atoms with Crippen LogP contribution in [0.15, 0.2) is 48.5 Å². The molecular weight excluding hydrogens is 232 g/mol. The van der Waals surface area contributed by atoms with Crippen molar-refractivity contribution in [1.29, 1.82) is 0 Å². The number of nitrogens with one attached hydrogen (secondary N) is 1. The van der Waals surface area contributed by atoms with Crippen LogP contribution < -0.4 is 5.32 Å². The van der Waals surface area contributed by atoms with Gasteiger partial charge in [-0.05, 0) is 30.7 Å². The Morgan fingerprint density at radius 2 is 1.78 bits per heavy atom. The molecule has 0 aliphatic heterocycles. The molecule has 1 atom stereocenters. The maximum Gasteiger partial charge on any atom is 0.127 e. The second-order valence-electron chi connectivity index (χ2n) is 4.25. The molecule has 2 aromatic carbocycles. The lowest BCUT2D eigenvalue weighted by atomic mass is 10.1. The summed E-state index contributed by atoms with van der Waals surface area (Å²) in [4.78, 5) is 0. The summed E-state index contributed by atoms with van der Waals surface area (Å²) in [6.45, 7) is 2.30. The van der Waals surface area contributed by atoms with E-state index in [2.05, 4.69) is 5.32 Å². The minimum atomic E-state index is -0.416. The molecule has 94 valence electrons. The molecule has 18 heavy (non-hydrogen) atoms. The maximum atomic E-state index is 13.4. The van der Waals surface area contributed by atoms with Crippen molar-refractivity contribution in [2.24, 2.45) is 0 Å². The molecule has 1 N–H and O–H groups in total. The van der Waals surface area contributed by atoms with Crippen molar-refractivity contribution in [3.8, 4) is 0 Å². The Labute approximate surface area is 105 Å². The van der Waals surface area contributed by atoms with E-state index in [9.17, 15) is 8.78 Å². The Morgan fingerprint density at radius 3 is 2.50 bits per heavy atom. The van der Waals surface area contributed by atoms with Gasteiger partial charge < -0.3 is 5.32 Å². The van der Waals surface area contributed by atoms with Crippen molar-refractivity contribution in [3.63, 3.8) is 0 Å². The molecule has 0 spiro atoms. The first-order chi connectivity index (χ1) is 8.66. The molecule has 2 rings (SSSR count). The molecule has 0 saturated carbocycles. The lowest BCUT2D eigenvalue weighted by molar-refractivity contribution is 0.535. The van der Waals surface area contributed by atoms with Crippen LogP contribution in [0.2, 0.25) is 0 Å². The van der Waals surface area contributed by atoms with Crippen LogP contribution in [-0.4, -0.2) is 0 Å². The van der Waals surface area contributed by atoms with Crippen molar-refractivity contribution in [2.45, 2.75) is 19.5 Å². The van der Waals surface area contributed by atoms with Gasteiger partial charge in [-0.15, -0.1) is 0 Å². The molecule has 0 saturated heterocycles. The molecule has 2 aromatic rings. The van der Waals surface area contributed by atoms with Gasteiger partial charge in [-0.25, -0.2) is 8.78 Å². The fourth-order valence-electron chi connectivity index (χ4n) is 1.80. The Morgan fingerprint density at radius 1 is 1.06 bits per heavy atom. The van der Waals surface area contributed by atoms with E-state index in [1.165, 1.54) is 6.07 Å². The van der Waals surface area contributed by atoms with Crippen molar-refractivity contribution in [3.05, 3.63) is 71.3 Å². The van der Waals surface area contributed by atoms with Gasteiger partial charge in [0.05, 0.1) is 0 Å². The number of rotatable bonds is 4. The maximum absolute atomic E-state index is 13.4. The van der Waals surface area contributed by atoms with Crippen molar-refractivity contribution in [2.75, 3.05) is 0 Å². The first-order valence-corrected chi connectivity index (χ1v) is 5.89. The average Bonchev–Trinajstić information content (AvgIpc) is 2.40. The summed E-state index contributed by atoms with van der Waals surface area (Å²) in [6, 6.07) is 13.4. The molecule has 3 heteroatoms. The number of halogens is 2. The highest BCUT2D eigenvalue weighted by molar-refractivity contribution is 5.21. The largest absolute Gasteiger partial charge is 0.306 e. The van der Waals surface area contributed by atoms with Gasteiger partial charge in [0.25, 0.3) is 0 Å². The minimum Gasteiger partial charge on any atom is -0.306 e. The molecule has 0 radical (unpaired) electrons. The van der Waals surface area contributed by atoms with Crippen LogP contribution in [0.25, 0.3) is 0 Å². The molecule has 0 aliphatic rings. The molecule has 0 amide bonds. The monoisotopic (exact) mass is 247 g/mol. The highest BCUT2D eigenvalue weighted by atomic mass is 19.1. The van der Waals surface area contributed by atoms with E-state index in [-0.39, 0.29) is 11.9 Å². The lowest BCUT2D eigenvalue weighted by Gasteiger charge is -2.14. The summed E-state index contributed by atoms with van der Waals surface area (Å²) < 4.78 is 26.4. The zero-order chi connectivity index (χ0) is 13.0. The fourth-order valence-corrected chi connectivity index (χ4v) is 1.80. The molecule has 0 aliphatic carbocycles. The number of hydrogen-bond donors (Lipinski definition) is 1. The third-order valence-corrected chi connectivity index (χ3v) is 2.91. The summed E-state index contributed by atoms with van der Waals surface area (Å²) in [7, 11) is 0. The van der Waals surface area contributed by atoms with Gasteiger partial charge in [0.1, 0.15) is 11.6 Å². The normalized spacial score (nSPS) is 12.4. The molecule has 0 unspecified atom stereocenters. The summed E-state index contributed by atoms with van der Waals surface area (Å²) in [5, 5.41) is 3.18. The Bertz CT molecular complexity index is 511. The standard InChI is InChI=1S/C15H15F2N/c1-11(12-5-3-2-4-6-12)18-10-13-9-14(16)7-8-15(13)17/h2-9,11,18H,10H2,1H3/t11-/m0/s1. The summed E-state index contributed by atoms with van der Waals surface area (Å²) in [5.74, 6) is -0.801. The summed E-state index contributed by atoms with van der Waals surface area (Å²) >= 11 is 0. The summed E-state index contributed by atoms with van der Waals surface area (Å²) in [5.41, 5.74) is 1.46. The highest BCUT2D eigenvalue weighted by Gasteiger charge is 2.07. The lowest BCUT2D eigenvalue weighted by Crippen LogP contribution is -2.18. The van der Waals surface area contributed by atoms with Gasteiger partial charge in [0.15, 0.2) is 0 Å². The van der Waals surface area contributed by atoms with Crippen molar-refractivity contribution < 1.29 is 8.78 Å². The van der Waals surface area contributed by atoms with Crippen LogP contribution >= 0.6 is 0 Å². The predicted molar refractivity (Wildman–Crippen MR) is 68.1 cm³/mol. The SMILES string of the molecule is C[C@H](NCc1cc(F)ccc1F)c1ccccc1. The fraction of sp³-hybridized carbons (Fsp3) is 0.200. The Balaban J connectivity index is 2.01. The zero-order valence-corrected chi connectivity index (χ0v) is 10.2. The van der Waals surface area contributed by atoms with Crippen molar-refractivity contribution in [1.82, 2.24) is 5.32 Å². The van der Waals surface area contributed by atoms with Gasteiger partial charge in [-0.2, -0.15) is 0 Å². The first kappa shape index (κ1) is 12.7. The van der Waals surface area contributed by atoms with Crippen LogP contribution in [0.4, 0.5) is 8.78 Å². The van der Waals surface area contributed by atoms with Gasteiger partial charge >= 0.3 is 0 Å². The molecule has 1 nitrogen and oxygen atoms in total. The van der Waals surface area contributed by atoms with Crippen LogP contribution in [-0.2, 0) is 6.54 Å². The smallest absolute Gasteiger partial charge is 0.127 e. The third-order valence-electron chi connectivity index (χ3n) is 2.91. The number of benzene rings is 2. The van der Waals surface area contributed by atoms with Gasteiger partial charge in [0.2, 0.25) is 0 Å². The van der Waals surface area contributed by atoms with Crippen LogP contribution in [0, 0.1) is 11.6 Å². The number of hydrogen-bond acceptors (Lipinski definition) is 1. The average molecular weight is 247 g/mol. The van der Waals surface area contributed by atoms with E-state index in [1.807, 2.05) is 37.3 Å². The topological polar surface area (TPSA) is 12.0 Å². The van der Waals surface area contributed by atoms with Gasteiger partial charge in [-0.1, -0.05) is 30.3 Å². The van der Waals surface area contributed by atoms with E-state index in [4.69, 9.17) is 0 Å². The highest BCUT2D eigenvalue weighted by Crippen LogP contribution is 2.14. The molecule has 0 heterocycles. The minimum absolute atomic E-state index is 0.0915. The van der Waals surface area contributed by atoms with Gasteiger partial charge in [0, 0.05) is 18.2 Å². The molecule has 0 aromatic heterocycles. The van der Waals surface area contributed by atoms with Gasteiger partial charge in [-0.3, -0.25) is 0 Å².